The van der Waals surface area contributed by atoms with E-state index < -0.39 is 11.9 Å². The zero-order chi connectivity index (χ0) is 19.8. The van der Waals surface area contributed by atoms with E-state index in [2.05, 4.69) is 17.2 Å². The van der Waals surface area contributed by atoms with Crippen LogP contribution in [0.4, 0.5) is 0 Å². The predicted molar refractivity (Wildman–Crippen MR) is 109 cm³/mol. The van der Waals surface area contributed by atoms with Gasteiger partial charge in [0.05, 0.1) is 23.0 Å². The number of nitrogens with zero attached hydrogens (tertiary/aromatic N) is 3. The van der Waals surface area contributed by atoms with Crippen LogP contribution in [-0.4, -0.2) is 44.3 Å². The highest BCUT2D eigenvalue weighted by Gasteiger charge is 2.36. The van der Waals surface area contributed by atoms with Gasteiger partial charge in [-0.05, 0) is 38.3 Å². The van der Waals surface area contributed by atoms with Gasteiger partial charge in [0.25, 0.3) is 5.91 Å². The monoisotopic (exact) mass is 397 g/mol. The fourth-order valence-corrected chi connectivity index (χ4v) is 5.10. The van der Waals surface area contributed by atoms with Crippen molar-refractivity contribution in [3.8, 4) is 0 Å². The molecule has 3 aromatic rings. The van der Waals surface area contributed by atoms with Gasteiger partial charge in [-0.3, -0.25) is 14.3 Å². The summed E-state index contributed by atoms with van der Waals surface area (Å²) >= 11 is 1.44. The Labute approximate surface area is 167 Å². The Hall–Kier alpha value is -2.67. The number of hydrogen-bond acceptors (Lipinski definition) is 4. The van der Waals surface area contributed by atoms with Crippen molar-refractivity contribution in [2.24, 2.45) is 5.92 Å². The Balaban J connectivity index is 1.63. The highest BCUT2D eigenvalue weighted by Crippen LogP contribution is 2.32. The molecule has 28 heavy (non-hydrogen) atoms. The summed E-state index contributed by atoms with van der Waals surface area (Å²) in [7, 11) is 0. The van der Waals surface area contributed by atoms with Crippen LogP contribution in [0, 0.1) is 12.8 Å². The molecular formula is C21H23N3O3S. The largest absolute Gasteiger partial charge is 0.481 e. The first kappa shape index (κ1) is 18.7. The number of amides is 1. The van der Waals surface area contributed by atoms with Crippen LogP contribution in [0.15, 0.2) is 36.4 Å². The second-order valence-corrected chi connectivity index (χ2v) is 8.41. The van der Waals surface area contributed by atoms with E-state index in [0.717, 1.165) is 27.9 Å². The minimum Gasteiger partial charge on any atom is -0.481 e. The molecule has 6 nitrogen and oxygen atoms in total. The number of carbonyl (C=O) groups excluding carboxylic acids is 1. The van der Waals surface area contributed by atoms with Crippen LogP contribution < -0.4 is 0 Å². The fourth-order valence-electron chi connectivity index (χ4n) is 3.98. The maximum atomic E-state index is 13.1. The summed E-state index contributed by atoms with van der Waals surface area (Å²) < 4.78 is 1.95. The topological polar surface area (TPSA) is 75.4 Å². The van der Waals surface area contributed by atoms with Crippen LogP contribution in [0.1, 0.15) is 40.7 Å². The Morgan fingerprint density at radius 1 is 1.29 bits per heavy atom. The molecule has 1 saturated heterocycles. The van der Waals surface area contributed by atoms with Crippen LogP contribution in [0.3, 0.4) is 0 Å². The van der Waals surface area contributed by atoms with Gasteiger partial charge in [0.2, 0.25) is 0 Å². The lowest BCUT2D eigenvalue weighted by molar-refractivity contribution is -0.144. The van der Waals surface area contributed by atoms with Crippen molar-refractivity contribution in [1.82, 2.24) is 14.7 Å². The van der Waals surface area contributed by atoms with Gasteiger partial charge < -0.3 is 10.0 Å². The van der Waals surface area contributed by atoms with Crippen LogP contribution in [-0.2, 0) is 11.3 Å². The number of carboxylic acid groups (broad SMARTS) is 1. The van der Waals surface area contributed by atoms with E-state index in [1.54, 1.807) is 4.90 Å². The molecule has 146 valence electrons. The number of aromatic nitrogens is 2. The van der Waals surface area contributed by atoms with Gasteiger partial charge in [0.1, 0.15) is 4.83 Å². The van der Waals surface area contributed by atoms with Gasteiger partial charge in [0, 0.05) is 18.0 Å². The first-order valence-corrected chi connectivity index (χ1v) is 10.3. The lowest BCUT2D eigenvalue weighted by Crippen LogP contribution is -2.48. The molecular weight excluding hydrogens is 374 g/mol. The molecule has 1 amide bonds. The zero-order valence-electron chi connectivity index (χ0n) is 16.0. The van der Waals surface area contributed by atoms with Gasteiger partial charge in [-0.2, -0.15) is 5.10 Å². The predicted octanol–water partition coefficient (Wildman–Crippen LogP) is 3.78. The van der Waals surface area contributed by atoms with Crippen molar-refractivity contribution in [2.45, 2.75) is 39.3 Å². The van der Waals surface area contributed by atoms with E-state index in [9.17, 15) is 14.7 Å². The van der Waals surface area contributed by atoms with E-state index in [1.807, 2.05) is 42.8 Å². The van der Waals surface area contributed by atoms with E-state index in [4.69, 9.17) is 0 Å². The van der Waals surface area contributed by atoms with Crippen molar-refractivity contribution < 1.29 is 14.7 Å². The number of aryl methyl sites for hydroxylation is 1. The van der Waals surface area contributed by atoms with Gasteiger partial charge in [0.15, 0.2) is 0 Å². The average Bonchev–Trinajstić information content (AvgIpc) is 3.24. The van der Waals surface area contributed by atoms with Crippen molar-refractivity contribution in [2.75, 3.05) is 6.54 Å². The summed E-state index contributed by atoms with van der Waals surface area (Å²) in [5, 5.41) is 15.0. The smallest absolute Gasteiger partial charge is 0.308 e. The van der Waals surface area contributed by atoms with Crippen LogP contribution >= 0.6 is 11.3 Å². The van der Waals surface area contributed by atoms with Crippen molar-refractivity contribution in [3.63, 3.8) is 0 Å². The number of likely N-dealkylation sites (tertiary alicyclic amines) is 1. The Bertz CT molecular complexity index is 1020. The molecule has 0 unspecified atom stereocenters. The summed E-state index contributed by atoms with van der Waals surface area (Å²) in [6.45, 7) is 5.05. The van der Waals surface area contributed by atoms with Crippen molar-refractivity contribution >= 4 is 33.4 Å². The summed E-state index contributed by atoms with van der Waals surface area (Å²) in [6, 6.07) is 11.7. The Kier molecular flexibility index (Phi) is 4.93. The molecule has 0 radical (unpaired) electrons. The molecule has 0 bridgehead atoms. The maximum Gasteiger partial charge on any atom is 0.308 e. The molecule has 4 rings (SSSR count). The molecule has 7 heteroatoms. The fraction of sp³-hybridized carbons (Fsp3) is 0.381. The number of hydrogen-bond donors (Lipinski definition) is 1. The SMILES string of the molecule is Cc1nn(Cc2ccccc2)c2sc(C(=O)N3CCC[C@@H](C(=O)O)[C@H]3C)cc12. The highest BCUT2D eigenvalue weighted by atomic mass is 32.1. The molecule has 1 N–H and O–H groups in total. The maximum absolute atomic E-state index is 13.1. The van der Waals surface area contributed by atoms with Crippen LogP contribution in [0.25, 0.3) is 10.2 Å². The lowest BCUT2D eigenvalue weighted by atomic mass is 9.90. The van der Waals surface area contributed by atoms with Crippen LogP contribution in [0.2, 0.25) is 0 Å². The minimum absolute atomic E-state index is 0.0784. The van der Waals surface area contributed by atoms with E-state index in [0.29, 0.717) is 24.4 Å². The molecule has 2 atom stereocenters. The summed E-state index contributed by atoms with van der Waals surface area (Å²) in [5.41, 5.74) is 2.05. The Morgan fingerprint density at radius 3 is 2.75 bits per heavy atom. The third kappa shape index (κ3) is 3.30. The van der Waals surface area contributed by atoms with Gasteiger partial charge >= 0.3 is 5.97 Å². The standard InChI is InChI=1S/C21H23N3O3S/c1-13-17-11-18(19(25)23-10-6-9-16(14(23)2)21(26)27)28-20(17)24(22-13)12-15-7-4-3-5-8-15/h3-5,7-8,11,14,16H,6,9-10,12H2,1-2H3,(H,26,27)/t14-,16-/m1/s1. The first-order valence-electron chi connectivity index (χ1n) is 9.50. The molecule has 1 aliphatic heterocycles. The number of thiophene rings is 1. The third-order valence-corrected chi connectivity index (χ3v) is 6.70. The molecule has 0 spiro atoms. The summed E-state index contributed by atoms with van der Waals surface area (Å²) in [4.78, 5) is 28.0. The van der Waals surface area contributed by atoms with E-state index >= 15 is 0 Å². The second-order valence-electron chi connectivity index (χ2n) is 7.38. The molecule has 3 heterocycles. The quantitative estimate of drug-likeness (QED) is 0.727. The molecule has 1 fully saturated rings. The van der Waals surface area contributed by atoms with Crippen molar-refractivity contribution in [1.29, 1.82) is 0 Å². The molecule has 0 saturated carbocycles. The lowest BCUT2D eigenvalue weighted by Gasteiger charge is -2.37. The molecule has 1 aliphatic rings. The number of rotatable bonds is 4. The molecule has 0 aliphatic carbocycles. The second kappa shape index (κ2) is 7.39. The van der Waals surface area contributed by atoms with Gasteiger partial charge in [-0.1, -0.05) is 30.3 Å². The summed E-state index contributed by atoms with van der Waals surface area (Å²) in [5.74, 6) is -1.40. The minimum atomic E-state index is -0.823. The number of carboxylic acids is 1. The van der Waals surface area contributed by atoms with E-state index in [-0.39, 0.29) is 11.9 Å². The van der Waals surface area contributed by atoms with Gasteiger partial charge in [-0.15, -0.1) is 11.3 Å². The third-order valence-electron chi connectivity index (χ3n) is 5.56. The number of benzene rings is 1. The normalized spacial score (nSPS) is 19.9. The zero-order valence-corrected chi connectivity index (χ0v) is 16.8. The Morgan fingerprint density at radius 2 is 2.04 bits per heavy atom. The average molecular weight is 398 g/mol. The molecule has 2 aromatic heterocycles. The number of piperidine rings is 1. The number of carbonyl (C=O) groups is 2. The highest BCUT2D eigenvalue weighted by molar-refractivity contribution is 7.20. The van der Waals surface area contributed by atoms with Crippen molar-refractivity contribution in [3.05, 3.63) is 52.5 Å². The number of fused-ring (bicyclic) bond motifs is 1. The van der Waals surface area contributed by atoms with Crippen LogP contribution in [0.5, 0.6) is 0 Å². The number of aliphatic carboxylic acids is 1. The first-order chi connectivity index (χ1) is 13.5. The molecule has 1 aromatic carbocycles. The summed E-state index contributed by atoms with van der Waals surface area (Å²) in [6.07, 6.45) is 1.34. The van der Waals surface area contributed by atoms with E-state index in [1.165, 1.54) is 11.3 Å². The van der Waals surface area contributed by atoms with Gasteiger partial charge in [-0.25, -0.2) is 0 Å².